The smallest absolute Gasteiger partial charge is 0.309 e. The number of esters is 1. The van der Waals surface area contributed by atoms with E-state index in [-0.39, 0.29) is 29.4 Å². The molecule has 2 fully saturated rings. The summed E-state index contributed by atoms with van der Waals surface area (Å²) in [7, 11) is 0. The van der Waals surface area contributed by atoms with E-state index in [4.69, 9.17) is 4.74 Å². The third-order valence-corrected chi connectivity index (χ3v) is 6.42. The first kappa shape index (κ1) is 17.3. The minimum Gasteiger partial charge on any atom is -0.466 e. The predicted octanol–water partition coefficient (Wildman–Crippen LogP) is 4.67. The first-order valence-corrected chi connectivity index (χ1v) is 9.68. The Labute approximate surface area is 155 Å². The molecule has 2 aromatic rings. The van der Waals surface area contributed by atoms with Crippen LogP contribution in [0, 0.1) is 17.3 Å². The van der Waals surface area contributed by atoms with Crippen molar-refractivity contribution in [2.75, 3.05) is 6.61 Å². The van der Waals surface area contributed by atoms with Gasteiger partial charge < -0.3 is 10.1 Å². The molecule has 4 rings (SSSR count). The van der Waals surface area contributed by atoms with Gasteiger partial charge in [0.2, 0.25) is 0 Å². The van der Waals surface area contributed by atoms with Crippen LogP contribution in [0.25, 0.3) is 0 Å². The van der Waals surface area contributed by atoms with E-state index in [0.717, 1.165) is 12.8 Å². The lowest BCUT2D eigenvalue weighted by Crippen LogP contribution is -2.43. The summed E-state index contributed by atoms with van der Waals surface area (Å²) < 4.78 is 5.36. The van der Waals surface area contributed by atoms with E-state index in [2.05, 4.69) is 72.9 Å². The fourth-order valence-corrected chi connectivity index (χ4v) is 4.87. The van der Waals surface area contributed by atoms with Crippen LogP contribution in [0.15, 0.2) is 60.7 Å². The average Bonchev–Trinajstić information content (AvgIpc) is 3.40. The molecule has 1 N–H and O–H groups in total. The lowest BCUT2D eigenvalue weighted by atomic mass is 9.71. The molecule has 1 spiro atoms. The maximum Gasteiger partial charge on any atom is 0.309 e. The van der Waals surface area contributed by atoms with E-state index in [1.165, 1.54) is 11.1 Å². The largest absolute Gasteiger partial charge is 0.466 e. The van der Waals surface area contributed by atoms with Crippen molar-refractivity contribution in [2.24, 2.45) is 17.3 Å². The van der Waals surface area contributed by atoms with Crippen molar-refractivity contribution in [3.8, 4) is 0 Å². The lowest BCUT2D eigenvalue weighted by Gasteiger charge is -2.43. The summed E-state index contributed by atoms with van der Waals surface area (Å²) in [6, 6.07) is 21.7. The van der Waals surface area contributed by atoms with Crippen molar-refractivity contribution in [1.82, 2.24) is 5.32 Å². The highest BCUT2D eigenvalue weighted by Crippen LogP contribution is 2.67. The second kappa shape index (κ2) is 6.88. The Morgan fingerprint density at radius 2 is 1.65 bits per heavy atom. The number of hydrogen-bond donors (Lipinski definition) is 1. The van der Waals surface area contributed by atoms with E-state index < -0.39 is 0 Å². The van der Waals surface area contributed by atoms with Gasteiger partial charge in [-0.3, -0.25) is 4.79 Å². The standard InChI is InChI=1S/C23H27NO2/c1-3-26-22(25)19-14-23(19)15-20(17-10-6-4-7-11-17)24-21(16(23)2)18-12-8-5-9-13-18/h4-13,16,19-21,24H,3,14-15H2,1-2H3/t16-,19?,20-,21+,23?/m0/s1. The van der Waals surface area contributed by atoms with Gasteiger partial charge in [0.1, 0.15) is 0 Å². The molecule has 0 amide bonds. The molecule has 3 heteroatoms. The summed E-state index contributed by atoms with van der Waals surface area (Å²) in [5, 5.41) is 3.87. The Bertz CT molecular complexity index is 760. The molecule has 3 nitrogen and oxygen atoms in total. The highest BCUT2D eigenvalue weighted by atomic mass is 16.5. The van der Waals surface area contributed by atoms with Gasteiger partial charge in [-0.1, -0.05) is 67.6 Å². The van der Waals surface area contributed by atoms with E-state index in [1.54, 1.807) is 0 Å². The molecule has 2 aliphatic rings. The van der Waals surface area contributed by atoms with Gasteiger partial charge in [0.15, 0.2) is 0 Å². The molecule has 1 saturated carbocycles. The van der Waals surface area contributed by atoms with E-state index in [0.29, 0.717) is 12.5 Å². The van der Waals surface area contributed by atoms with Crippen LogP contribution in [0.4, 0.5) is 0 Å². The summed E-state index contributed by atoms with van der Waals surface area (Å²) in [5.74, 6) is 0.413. The highest BCUT2D eigenvalue weighted by molar-refractivity contribution is 5.77. The van der Waals surface area contributed by atoms with Crippen molar-refractivity contribution >= 4 is 5.97 Å². The molecule has 2 aromatic carbocycles. The topological polar surface area (TPSA) is 38.3 Å². The van der Waals surface area contributed by atoms with Gasteiger partial charge in [0.05, 0.1) is 12.5 Å². The molecular weight excluding hydrogens is 322 g/mol. The van der Waals surface area contributed by atoms with Crippen LogP contribution in [0.2, 0.25) is 0 Å². The summed E-state index contributed by atoms with van der Waals surface area (Å²) in [6.07, 6.45) is 1.94. The maximum atomic E-state index is 12.5. The molecule has 136 valence electrons. The summed E-state index contributed by atoms with van der Waals surface area (Å²) in [5.41, 5.74) is 2.64. The number of ether oxygens (including phenoxy) is 1. The second-order valence-corrected chi connectivity index (χ2v) is 7.75. The van der Waals surface area contributed by atoms with Crippen molar-refractivity contribution < 1.29 is 9.53 Å². The Hall–Kier alpha value is -2.13. The van der Waals surface area contributed by atoms with Crippen molar-refractivity contribution in [1.29, 1.82) is 0 Å². The Kier molecular flexibility index (Phi) is 4.58. The van der Waals surface area contributed by atoms with Crippen LogP contribution in [0.3, 0.4) is 0 Å². The second-order valence-electron chi connectivity index (χ2n) is 7.75. The SMILES string of the molecule is CCOC(=O)C1CC12C[C@@H](c1ccccc1)N[C@@H](c1ccccc1)[C@@H]2C. The molecular formula is C23H27NO2. The number of rotatable bonds is 4. The van der Waals surface area contributed by atoms with Gasteiger partial charge in [0, 0.05) is 12.1 Å². The van der Waals surface area contributed by atoms with Gasteiger partial charge in [0.25, 0.3) is 0 Å². The predicted molar refractivity (Wildman–Crippen MR) is 102 cm³/mol. The molecule has 2 unspecified atom stereocenters. The molecule has 0 radical (unpaired) electrons. The minimum absolute atomic E-state index is 0.0140. The quantitative estimate of drug-likeness (QED) is 0.815. The summed E-state index contributed by atoms with van der Waals surface area (Å²) in [4.78, 5) is 12.5. The van der Waals surface area contributed by atoms with E-state index in [9.17, 15) is 4.79 Å². The molecule has 1 aliphatic carbocycles. The normalized spacial score (nSPS) is 33.0. The Morgan fingerprint density at radius 3 is 2.27 bits per heavy atom. The highest BCUT2D eigenvalue weighted by Gasteiger charge is 2.65. The zero-order chi connectivity index (χ0) is 18.1. The number of nitrogens with one attached hydrogen (secondary N) is 1. The molecule has 1 heterocycles. The van der Waals surface area contributed by atoms with Crippen LogP contribution in [-0.2, 0) is 9.53 Å². The van der Waals surface area contributed by atoms with Crippen LogP contribution >= 0.6 is 0 Å². The fourth-order valence-electron chi connectivity index (χ4n) is 4.87. The van der Waals surface area contributed by atoms with E-state index in [1.807, 2.05) is 6.92 Å². The molecule has 0 bridgehead atoms. The minimum atomic E-state index is -0.0140. The molecule has 26 heavy (non-hydrogen) atoms. The molecule has 1 aliphatic heterocycles. The van der Waals surface area contributed by atoms with Gasteiger partial charge in [-0.25, -0.2) is 0 Å². The lowest BCUT2D eigenvalue weighted by molar-refractivity contribution is -0.146. The fraction of sp³-hybridized carbons (Fsp3) is 0.435. The third-order valence-electron chi connectivity index (χ3n) is 6.42. The first-order chi connectivity index (χ1) is 12.7. The van der Waals surface area contributed by atoms with Crippen LogP contribution in [0.1, 0.15) is 49.9 Å². The maximum absolute atomic E-state index is 12.5. The number of carbonyl (C=O) groups excluding carboxylic acids is 1. The number of benzene rings is 2. The first-order valence-electron chi connectivity index (χ1n) is 9.68. The zero-order valence-electron chi connectivity index (χ0n) is 15.5. The number of piperidine rings is 1. The van der Waals surface area contributed by atoms with Crippen molar-refractivity contribution in [3.05, 3.63) is 71.8 Å². The third kappa shape index (κ3) is 2.95. The van der Waals surface area contributed by atoms with Crippen LogP contribution in [-0.4, -0.2) is 12.6 Å². The number of carbonyl (C=O) groups is 1. The van der Waals surface area contributed by atoms with Crippen LogP contribution in [0.5, 0.6) is 0 Å². The molecule has 5 atom stereocenters. The molecule has 0 aromatic heterocycles. The Balaban J connectivity index is 1.67. The summed E-state index contributed by atoms with van der Waals surface area (Å²) >= 11 is 0. The summed E-state index contributed by atoms with van der Waals surface area (Å²) in [6.45, 7) is 4.64. The van der Waals surface area contributed by atoms with Crippen LogP contribution < -0.4 is 5.32 Å². The zero-order valence-corrected chi connectivity index (χ0v) is 15.5. The van der Waals surface area contributed by atoms with Crippen molar-refractivity contribution in [2.45, 2.75) is 38.8 Å². The Morgan fingerprint density at radius 1 is 1.04 bits per heavy atom. The van der Waals surface area contributed by atoms with Gasteiger partial charge in [-0.05, 0) is 42.2 Å². The average molecular weight is 349 g/mol. The van der Waals surface area contributed by atoms with Crippen molar-refractivity contribution in [3.63, 3.8) is 0 Å². The van der Waals surface area contributed by atoms with Gasteiger partial charge in [-0.15, -0.1) is 0 Å². The van der Waals surface area contributed by atoms with Gasteiger partial charge in [-0.2, -0.15) is 0 Å². The monoisotopic (exact) mass is 349 g/mol. The van der Waals surface area contributed by atoms with E-state index >= 15 is 0 Å². The number of hydrogen-bond acceptors (Lipinski definition) is 3. The van der Waals surface area contributed by atoms with Gasteiger partial charge >= 0.3 is 5.97 Å². The molecule has 1 saturated heterocycles.